The van der Waals surface area contributed by atoms with Crippen molar-refractivity contribution < 1.29 is 14.6 Å². The van der Waals surface area contributed by atoms with E-state index in [2.05, 4.69) is 15.2 Å². The van der Waals surface area contributed by atoms with Crippen LogP contribution in [0.1, 0.15) is 10.6 Å². The molecule has 0 aromatic carbocycles. The van der Waals surface area contributed by atoms with E-state index in [1.54, 1.807) is 0 Å². The quantitative estimate of drug-likeness (QED) is 0.544. The molecule has 0 atom stereocenters. The van der Waals surface area contributed by atoms with Gasteiger partial charge < -0.3 is 20.5 Å². The Morgan fingerprint density at radius 3 is 2.88 bits per heavy atom. The summed E-state index contributed by atoms with van der Waals surface area (Å²) in [6, 6.07) is 0. The highest BCUT2D eigenvalue weighted by atomic mass is 16.5. The van der Waals surface area contributed by atoms with E-state index in [0.717, 1.165) is 0 Å². The fourth-order valence-electron chi connectivity index (χ4n) is 1.16. The number of carbonyl (C=O) groups is 1. The van der Waals surface area contributed by atoms with Gasteiger partial charge in [0.05, 0.1) is 13.2 Å². The number of carbonyl (C=O) groups excluding carboxylic acids is 1. The zero-order chi connectivity index (χ0) is 12.0. The number of ether oxygens (including phenoxy) is 1. The third kappa shape index (κ3) is 3.17. The van der Waals surface area contributed by atoms with Gasteiger partial charge in [-0.05, 0) is 0 Å². The molecular weight excluding hydrogens is 214 g/mol. The van der Waals surface area contributed by atoms with Crippen LogP contribution in [0.15, 0.2) is 0 Å². The molecule has 8 heteroatoms. The zero-order valence-corrected chi connectivity index (χ0v) is 9.01. The van der Waals surface area contributed by atoms with Crippen LogP contribution in [0.5, 0.6) is 0 Å². The summed E-state index contributed by atoms with van der Waals surface area (Å²) in [7, 11) is 1.54. The van der Waals surface area contributed by atoms with Crippen LogP contribution in [0.3, 0.4) is 0 Å². The second kappa shape index (κ2) is 6.03. The van der Waals surface area contributed by atoms with Crippen LogP contribution in [0.4, 0.5) is 5.95 Å². The predicted octanol–water partition coefficient (Wildman–Crippen LogP) is -1.53. The molecule has 0 bridgehead atoms. The Morgan fingerprint density at radius 1 is 1.62 bits per heavy atom. The number of hydrogen-bond donors (Lipinski definition) is 3. The average molecular weight is 229 g/mol. The van der Waals surface area contributed by atoms with E-state index in [4.69, 9.17) is 15.6 Å². The first-order chi connectivity index (χ1) is 7.69. The van der Waals surface area contributed by atoms with Crippen LogP contribution in [0, 0.1) is 0 Å². The Labute approximate surface area is 92.4 Å². The molecule has 0 saturated heterocycles. The van der Waals surface area contributed by atoms with Gasteiger partial charge in [-0.15, -0.1) is 5.10 Å². The Hall–Kier alpha value is -1.67. The van der Waals surface area contributed by atoms with Gasteiger partial charge in [0, 0.05) is 20.2 Å². The summed E-state index contributed by atoms with van der Waals surface area (Å²) < 4.78 is 4.86. The number of H-pyrrole nitrogens is 1. The first kappa shape index (κ1) is 12.4. The van der Waals surface area contributed by atoms with Gasteiger partial charge in [0.1, 0.15) is 0 Å². The minimum absolute atomic E-state index is 0.0130. The Bertz CT molecular complexity index is 340. The fraction of sp³-hybridized carbons (Fsp3) is 0.625. The van der Waals surface area contributed by atoms with Crippen LogP contribution in [0.2, 0.25) is 0 Å². The number of hydrogen-bond acceptors (Lipinski definition) is 6. The van der Waals surface area contributed by atoms with Crippen molar-refractivity contribution in [3.63, 3.8) is 0 Å². The zero-order valence-electron chi connectivity index (χ0n) is 9.01. The van der Waals surface area contributed by atoms with Gasteiger partial charge in [-0.2, -0.15) is 4.98 Å². The van der Waals surface area contributed by atoms with Gasteiger partial charge in [0.2, 0.25) is 11.8 Å². The molecule has 1 rings (SSSR count). The van der Waals surface area contributed by atoms with Gasteiger partial charge in [-0.3, -0.25) is 9.89 Å². The van der Waals surface area contributed by atoms with Crippen molar-refractivity contribution in [1.29, 1.82) is 0 Å². The lowest BCUT2D eigenvalue weighted by molar-refractivity contribution is 0.0645. The van der Waals surface area contributed by atoms with Crippen LogP contribution in [0.25, 0.3) is 0 Å². The van der Waals surface area contributed by atoms with Crippen molar-refractivity contribution in [3.05, 3.63) is 5.82 Å². The van der Waals surface area contributed by atoms with E-state index >= 15 is 0 Å². The highest BCUT2D eigenvalue weighted by Crippen LogP contribution is 2.00. The normalized spacial score (nSPS) is 10.4. The van der Waals surface area contributed by atoms with Crippen LogP contribution in [-0.2, 0) is 4.74 Å². The van der Waals surface area contributed by atoms with E-state index in [-0.39, 0.29) is 30.8 Å². The lowest BCUT2D eigenvalue weighted by Crippen LogP contribution is -2.36. The number of nitrogens with zero attached hydrogens (tertiary/aromatic N) is 3. The molecule has 0 saturated carbocycles. The Kier molecular flexibility index (Phi) is 4.67. The summed E-state index contributed by atoms with van der Waals surface area (Å²) in [6.07, 6.45) is 0. The molecule has 0 unspecified atom stereocenters. The minimum atomic E-state index is -0.365. The number of aromatic amines is 1. The number of methoxy groups -OCH3 is 1. The Balaban J connectivity index is 2.66. The summed E-state index contributed by atoms with van der Waals surface area (Å²) in [4.78, 5) is 16.9. The maximum Gasteiger partial charge on any atom is 0.291 e. The number of nitrogen functional groups attached to an aromatic ring is 1. The SMILES string of the molecule is COCCN(CCO)C(=O)c1nc(N)n[nH]1. The second-order valence-electron chi connectivity index (χ2n) is 3.05. The summed E-state index contributed by atoms with van der Waals surface area (Å²) in [5, 5.41) is 14.8. The molecule has 0 aliphatic rings. The van der Waals surface area contributed by atoms with E-state index in [1.165, 1.54) is 12.0 Å². The summed E-state index contributed by atoms with van der Waals surface area (Å²) >= 11 is 0. The molecule has 1 heterocycles. The van der Waals surface area contributed by atoms with Crippen molar-refractivity contribution >= 4 is 11.9 Å². The van der Waals surface area contributed by atoms with E-state index in [0.29, 0.717) is 13.2 Å². The molecule has 0 aliphatic carbocycles. The van der Waals surface area contributed by atoms with Gasteiger partial charge in [-0.1, -0.05) is 0 Å². The van der Waals surface area contributed by atoms with Crippen molar-refractivity contribution in [1.82, 2.24) is 20.1 Å². The van der Waals surface area contributed by atoms with E-state index in [9.17, 15) is 4.79 Å². The molecular formula is C8H15N5O3. The predicted molar refractivity (Wildman–Crippen MR) is 55.7 cm³/mol. The lowest BCUT2D eigenvalue weighted by atomic mass is 10.4. The van der Waals surface area contributed by atoms with E-state index in [1.807, 2.05) is 0 Å². The summed E-state index contributed by atoms with van der Waals surface area (Å²) in [5.74, 6) is -0.295. The molecule has 8 nitrogen and oxygen atoms in total. The average Bonchev–Trinajstić information content (AvgIpc) is 2.70. The van der Waals surface area contributed by atoms with Crippen LogP contribution < -0.4 is 5.73 Å². The molecule has 0 fully saturated rings. The number of rotatable bonds is 6. The molecule has 16 heavy (non-hydrogen) atoms. The third-order valence-electron chi connectivity index (χ3n) is 1.93. The lowest BCUT2D eigenvalue weighted by Gasteiger charge is -2.19. The topological polar surface area (TPSA) is 117 Å². The van der Waals surface area contributed by atoms with Gasteiger partial charge >= 0.3 is 0 Å². The second-order valence-corrected chi connectivity index (χ2v) is 3.05. The molecule has 1 aromatic heterocycles. The van der Waals surface area contributed by atoms with Gasteiger partial charge in [0.15, 0.2) is 0 Å². The standard InChI is InChI=1S/C8H15N5O3/c1-16-5-3-13(2-4-14)7(15)6-10-8(9)12-11-6/h14H,2-5H2,1H3,(H3,9,10,11,12). The highest BCUT2D eigenvalue weighted by Gasteiger charge is 2.18. The number of nitrogens with one attached hydrogen (secondary N) is 1. The first-order valence-electron chi connectivity index (χ1n) is 4.76. The number of amides is 1. The molecule has 4 N–H and O–H groups in total. The summed E-state index contributed by atoms with van der Waals surface area (Å²) in [6.45, 7) is 0.841. The summed E-state index contributed by atoms with van der Waals surface area (Å²) in [5.41, 5.74) is 5.29. The molecule has 0 spiro atoms. The highest BCUT2D eigenvalue weighted by molar-refractivity contribution is 5.90. The smallest absolute Gasteiger partial charge is 0.291 e. The first-order valence-corrected chi connectivity index (χ1v) is 4.76. The van der Waals surface area contributed by atoms with Crippen LogP contribution in [-0.4, -0.2) is 64.5 Å². The molecule has 1 amide bonds. The van der Waals surface area contributed by atoms with Crippen molar-refractivity contribution in [2.75, 3.05) is 39.1 Å². The maximum absolute atomic E-state index is 11.8. The number of nitrogens with two attached hydrogens (primary N) is 1. The number of anilines is 1. The molecule has 0 radical (unpaired) electrons. The fourth-order valence-corrected chi connectivity index (χ4v) is 1.16. The Morgan fingerprint density at radius 2 is 2.38 bits per heavy atom. The van der Waals surface area contributed by atoms with Crippen molar-refractivity contribution in [2.45, 2.75) is 0 Å². The molecule has 1 aromatic rings. The largest absolute Gasteiger partial charge is 0.395 e. The van der Waals surface area contributed by atoms with Crippen LogP contribution >= 0.6 is 0 Å². The number of aliphatic hydroxyl groups excluding tert-OH is 1. The third-order valence-corrected chi connectivity index (χ3v) is 1.93. The van der Waals surface area contributed by atoms with Crippen molar-refractivity contribution in [3.8, 4) is 0 Å². The monoisotopic (exact) mass is 229 g/mol. The number of aromatic nitrogens is 3. The molecule has 90 valence electrons. The molecule has 0 aliphatic heterocycles. The van der Waals surface area contributed by atoms with Gasteiger partial charge in [0.25, 0.3) is 5.91 Å². The minimum Gasteiger partial charge on any atom is -0.395 e. The maximum atomic E-state index is 11.8. The van der Waals surface area contributed by atoms with Gasteiger partial charge in [-0.25, -0.2) is 0 Å². The number of aliphatic hydroxyl groups is 1. The van der Waals surface area contributed by atoms with E-state index < -0.39 is 0 Å². The van der Waals surface area contributed by atoms with Crippen molar-refractivity contribution in [2.24, 2.45) is 0 Å².